The van der Waals surface area contributed by atoms with Gasteiger partial charge < -0.3 is 5.32 Å². The minimum Gasteiger partial charge on any atom is -0.326 e. The smallest absolute Gasteiger partial charge is 0.228 e. The number of pyridine rings is 1. The van der Waals surface area contributed by atoms with E-state index in [1.807, 2.05) is 0 Å². The minimum atomic E-state index is -0.119. The van der Waals surface area contributed by atoms with Crippen LogP contribution in [0.2, 0.25) is 0 Å². The van der Waals surface area contributed by atoms with Gasteiger partial charge in [-0.25, -0.2) is 0 Å². The summed E-state index contributed by atoms with van der Waals surface area (Å²) in [5.74, 6) is -0.142. The summed E-state index contributed by atoms with van der Waals surface area (Å²) in [4.78, 5) is 27.0. The summed E-state index contributed by atoms with van der Waals surface area (Å²) >= 11 is 0. The Kier molecular flexibility index (Phi) is 4.03. The van der Waals surface area contributed by atoms with E-state index < -0.39 is 0 Å². The lowest BCUT2D eigenvalue weighted by Crippen LogP contribution is -2.14. The molecule has 1 heterocycles. The molecule has 2 aromatic rings. The SMILES string of the molecule is CC(=O)c1cccc(NC(=O)Cc2ccncc2)c1. The molecule has 0 saturated heterocycles. The summed E-state index contributed by atoms with van der Waals surface area (Å²) in [6, 6.07) is 10.5. The number of rotatable bonds is 4. The maximum Gasteiger partial charge on any atom is 0.228 e. The molecule has 0 unspecified atom stereocenters. The van der Waals surface area contributed by atoms with Gasteiger partial charge in [0, 0.05) is 23.6 Å². The molecule has 2 rings (SSSR count). The van der Waals surface area contributed by atoms with Gasteiger partial charge in [-0.2, -0.15) is 0 Å². The number of Topliss-reactive ketones (excluding diaryl/α,β-unsaturated/α-hetero) is 1. The fourth-order valence-corrected chi connectivity index (χ4v) is 1.71. The molecular formula is C15H14N2O2. The van der Waals surface area contributed by atoms with Gasteiger partial charge in [-0.1, -0.05) is 12.1 Å². The topological polar surface area (TPSA) is 59.1 Å². The molecule has 4 nitrogen and oxygen atoms in total. The molecule has 0 atom stereocenters. The van der Waals surface area contributed by atoms with Crippen LogP contribution >= 0.6 is 0 Å². The Morgan fingerprint density at radius 2 is 1.89 bits per heavy atom. The lowest BCUT2D eigenvalue weighted by molar-refractivity contribution is -0.115. The van der Waals surface area contributed by atoms with Crippen LogP contribution in [-0.2, 0) is 11.2 Å². The first-order valence-electron chi connectivity index (χ1n) is 5.95. The molecule has 0 aliphatic heterocycles. The van der Waals surface area contributed by atoms with Gasteiger partial charge in [0.15, 0.2) is 5.78 Å². The zero-order valence-electron chi connectivity index (χ0n) is 10.6. The second-order valence-corrected chi connectivity index (χ2v) is 4.22. The normalized spacial score (nSPS) is 9.95. The first-order valence-corrected chi connectivity index (χ1v) is 5.95. The minimum absolute atomic E-state index is 0.0229. The third-order valence-corrected chi connectivity index (χ3v) is 2.67. The van der Waals surface area contributed by atoms with Crippen molar-refractivity contribution in [2.45, 2.75) is 13.3 Å². The van der Waals surface area contributed by atoms with Crippen molar-refractivity contribution in [2.24, 2.45) is 0 Å². The summed E-state index contributed by atoms with van der Waals surface area (Å²) in [6.45, 7) is 1.50. The van der Waals surface area contributed by atoms with E-state index in [0.29, 0.717) is 11.3 Å². The van der Waals surface area contributed by atoms with Gasteiger partial charge in [-0.05, 0) is 36.8 Å². The first-order chi connectivity index (χ1) is 9.15. The molecule has 96 valence electrons. The number of aromatic nitrogens is 1. The number of nitrogens with zero attached hydrogens (tertiary/aromatic N) is 1. The molecule has 19 heavy (non-hydrogen) atoms. The van der Waals surface area contributed by atoms with Gasteiger partial charge in [0.1, 0.15) is 0 Å². The molecule has 0 aliphatic rings. The van der Waals surface area contributed by atoms with E-state index in [1.54, 1.807) is 48.8 Å². The maximum atomic E-state index is 11.8. The molecule has 1 aromatic heterocycles. The summed E-state index contributed by atoms with van der Waals surface area (Å²) in [5, 5.41) is 2.77. The van der Waals surface area contributed by atoms with Crippen LogP contribution in [0.4, 0.5) is 5.69 Å². The predicted molar refractivity (Wildman–Crippen MR) is 73.0 cm³/mol. The van der Waals surface area contributed by atoms with Gasteiger partial charge in [0.25, 0.3) is 0 Å². The van der Waals surface area contributed by atoms with Crippen molar-refractivity contribution in [3.8, 4) is 0 Å². The number of nitrogens with one attached hydrogen (secondary N) is 1. The highest BCUT2D eigenvalue weighted by Crippen LogP contribution is 2.11. The van der Waals surface area contributed by atoms with Crippen LogP contribution in [0.15, 0.2) is 48.8 Å². The van der Waals surface area contributed by atoms with Crippen molar-refractivity contribution < 1.29 is 9.59 Å². The number of hydrogen-bond acceptors (Lipinski definition) is 3. The number of benzene rings is 1. The van der Waals surface area contributed by atoms with Crippen molar-refractivity contribution in [1.82, 2.24) is 4.98 Å². The third kappa shape index (κ3) is 3.74. The molecule has 0 radical (unpaired) electrons. The Morgan fingerprint density at radius 3 is 2.58 bits per heavy atom. The van der Waals surface area contributed by atoms with Crippen molar-refractivity contribution in [2.75, 3.05) is 5.32 Å². The van der Waals surface area contributed by atoms with Crippen LogP contribution in [0.3, 0.4) is 0 Å². The number of hydrogen-bond donors (Lipinski definition) is 1. The summed E-state index contributed by atoms with van der Waals surface area (Å²) in [5.41, 5.74) is 2.11. The van der Waals surface area contributed by atoms with E-state index in [-0.39, 0.29) is 18.1 Å². The molecule has 1 aromatic carbocycles. The fraction of sp³-hybridized carbons (Fsp3) is 0.133. The highest BCUT2D eigenvalue weighted by Gasteiger charge is 2.05. The summed E-state index contributed by atoms with van der Waals surface area (Å²) in [7, 11) is 0. The van der Waals surface area contributed by atoms with Crippen molar-refractivity contribution >= 4 is 17.4 Å². The highest BCUT2D eigenvalue weighted by molar-refractivity contribution is 5.97. The van der Waals surface area contributed by atoms with Gasteiger partial charge in [-0.3, -0.25) is 14.6 Å². The number of anilines is 1. The zero-order chi connectivity index (χ0) is 13.7. The first kappa shape index (κ1) is 13.0. The average molecular weight is 254 g/mol. The number of ketones is 1. The zero-order valence-corrected chi connectivity index (χ0v) is 10.6. The van der Waals surface area contributed by atoms with Crippen molar-refractivity contribution in [1.29, 1.82) is 0 Å². The molecular weight excluding hydrogens is 240 g/mol. The molecule has 0 fully saturated rings. The Hall–Kier alpha value is -2.49. The van der Waals surface area contributed by atoms with Gasteiger partial charge in [0.05, 0.1) is 6.42 Å². The van der Waals surface area contributed by atoms with Crippen molar-refractivity contribution in [3.05, 3.63) is 59.9 Å². The van der Waals surface area contributed by atoms with Crippen LogP contribution in [0.25, 0.3) is 0 Å². The van der Waals surface area contributed by atoms with Crippen LogP contribution in [-0.4, -0.2) is 16.7 Å². The quantitative estimate of drug-likeness (QED) is 0.853. The molecule has 1 amide bonds. The average Bonchev–Trinajstić information content (AvgIpc) is 2.40. The second-order valence-electron chi connectivity index (χ2n) is 4.22. The number of carbonyl (C=O) groups excluding carboxylic acids is 2. The Balaban J connectivity index is 2.03. The van der Waals surface area contributed by atoms with E-state index >= 15 is 0 Å². The van der Waals surface area contributed by atoms with E-state index in [4.69, 9.17) is 0 Å². The van der Waals surface area contributed by atoms with Crippen molar-refractivity contribution in [3.63, 3.8) is 0 Å². The molecule has 0 spiro atoms. The predicted octanol–water partition coefficient (Wildman–Crippen LogP) is 2.47. The molecule has 0 aliphatic carbocycles. The maximum absolute atomic E-state index is 11.8. The summed E-state index contributed by atoms with van der Waals surface area (Å²) in [6.07, 6.45) is 3.59. The molecule has 1 N–H and O–H groups in total. The molecule has 4 heteroatoms. The largest absolute Gasteiger partial charge is 0.326 e. The lowest BCUT2D eigenvalue weighted by atomic mass is 10.1. The number of carbonyl (C=O) groups is 2. The van der Waals surface area contributed by atoms with Gasteiger partial charge >= 0.3 is 0 Å². The van der Waals surface area contributed by atoms with E-state index in [9.17, 15) is 9.59 Å². The van der Waals surface area contributed by atoms with Crippen LogP contribution in [0.5, 0.6) is 0 Å². The van der Waals surface area contributed by atoms with E-state index in [2.05, 4.69) is 10.3 Å². The van der Waals surface area contributed by atoms with Gasteiger partial charge in [0.2, 0.25) is 5.91 Å². The molecule has 0 saturated carbocycles. The standard InChI is InChI=1S/C15H14N2O2/c1-11(18)13-3-2-4-14(10-13)17-15(19)9-12-5-7-16-8-6-12/h2-8,10H,9H2,1H3,(H,17,19). The highest BCUT2D eigenvalue weighted by atomic mass is 16.1. The lowest BCUT2D eigenvalue weighted by Gasteiger charge is -2.06. The van der Waals surface area contributed by atoms with E-state index in [0.717, 1.165) is 5.56 Å². The Labute approximate surface area is 111 Å². The Bertz CT molecular complexity index is 594. The van der Waals surface area contributed by atoms with E-state index in [1.165, 1.54) is 6.92 Å². The monoisotopic (exact) mass is 254 g/mol. The number of amides is 1. The van der Waals surface area contributed by atoms with Gasteiger partial charge in [-0.15, -0.1) is 0 Å². The van der Waals surface area contributed by atoms with Crippen LogP contribution < -0.4 is 5.32 Å². The third-order valence-electron chi connectivity index (χ3n) is 2.67. The van der Waals surface area contributed by atoms with Crippen LogP contribution in [0, 0.1) is 0 Å². The summed E-state index contributed by atoms with van der Waals surface area (Å²) < 4.78 is 0. The fourth-order valence-electron chi connectivity index (χ4n) is 1.71. The molecule has 0 bridgehead atoms. The Morgan fingerprint density at radius 1 is 1.16 bits per heavy atom. The second kappa shape index (κ2) is 5.91. The van der Waals surface area contributed by atoms with Crippen LogP contribution in [0.1, 0.15) is 22.8 Å².